The molecule has 1 unspecified atom stereocenters. The molecule has 0 bridgehead atoms. The highest BCUT2D eigenvalue weighted by Gasteiger charge is 2.15. The van der Waals surface area contributed by atoms with Crippen molar-refractivity contribution < 1.29 is 4.79 Å². The monoisotopic (exact) mass is 291 g/mol. The van der Waals surface area contributed by atoms with Gasteiger partial charge in [0, 0.05) is 12.3 Å². The topological polar surface area (TPSA) is 46.9 Å². The maximum Gasteiger partial charge on any atom is 0.232 e. The van der Waals surface area contributed by atoms with Gasteiger partial charge in [-0.1, -0.05) is 48.5 Å². The Bertz CT molecular complexity index is 750. The van der Waals surface area contributed by atoms with E-state index in [4.69, 9.17) is 0 Å². The summed E-state index contributed by atoms with van der Waals surface area (Å²) in [5, 5.41) is 7.24. The minimum absolute atomic E-state index is 0.0653. The summed E-state index contributed by atoms with van der Waals surface area (Å²) in [5.41, 5.74) is 1.95. The number of rotatable bonds is 4. The fraction of sp³-hybridized carbons (Fsp3) is 0.111. The van der Waals surface area contributed by atoms with Gasteiger partial charge < -0.3 is 5.32 Å². The van der Waals surface area contributed by atoms with Crippen LogP contribution in [0.15, 0.2) is 72.9 Å². The van der Waals surface area contributed by atoms with Crippen molar-refractivity contribution in [2.45, 2.75) is 12.8 Å². The average Bonchev–Trinajstić information content (AvgIpc) is 3.04. The molecule has 0 fully saturated rings. The van der Waals surface area contributed by atoms with Crippen LogP contribution in [0.25, 0.3) is 5.69 Å². The molecule has 110 valence electrons. The summed E-state index contributed by atoms with van der Waals surface area (Å²) in [6, 6.07) is 21.3. The molecule has 1 aromatic heterocycles. The van der Waals surface area contributed by atoms with Gasteiger partial charge in [-0.2, -0.15) is 5.10 Å². The molecule has 1 heterocycles. The van der Waals surface area contributed by atoms with Crippen LogP contribution in [0.2, 0.25) is 0 Å². The minimum Gasteiger partial charge on any atom is -0.309 e. The van der Waals surface area contributed by atoms with E-state index in [0.29, 0.717) is 5.82 Å². The van der Waals surface area contributed by atoms with Crippen LogP contribution < -0.4 is 5.32 Å². The van der Waals surface area contributed by atoms with Crippen molar-refractivity contribution in [3.63, 3.8) is 0 Å². The molecule has 0 saturated carbocycles. The third-order valence-electron chi connectivity index (χ3n) is 3.55. The number of carbonyl (C=O) groups excluding carboxylic acids is 1. The van der Waals surface area contributed by atoms with Crippen LogP contribution >= 0.6 is 0 Å². The van der Waals surface area contributed by atoms with Gasteiger partial charge >= 0.3 is 0 Å². The molecule has 22 heavy (non-hydrogen) atoms. The molecule has 2 aromatic carbocycles. The average molecular weight is 291 g/mol. The summed E-state index contributed by atoms with van der Waals surface area (Å²) in [6.07, 6.45) is 1.83. The standard InChI is InChI=1S/C18H17N3O/c1-14(15-8-4-2-5-9-15)18(22)19-17-12-13-21(20-17)16-10-6-3-7-11-16/h2-14H,1H3,(H,19,20,22). The molecule has 1 atom stereocenters. The molecule has 1 amide bonds. The number of carbonyl (C=O) groups is 1. The lowest BCUT2D eigenvalue weighted by Gasteiger charge is -2.10. The van der Waals surface area contributed by atoms with Crippen LogP contribution in [0.4, 0.5) is 5.82 Å². The molecule has 0 aliphatic carbocycles. The fourth-order valence-corrected chi connectivity index (χ4v) is 2.24. The number of nitrogens with zero attached hydrogens (tertiary/aromatic N) is 2. The molecule has 3 rings (SSSR count). The van der Waals surface area contributed by atoms with E-state index in [1.54, 1.807) is 10.7 Å². The first-order chi connectivity index (χ1) is 10.7. The van der Waals surface area contributed by atoms with E-state index in [0.717, 1.165) is 11.3 Å². The van der Waals surface area contributed by atoms with Crippen LogP contribution in [0.1, 0.15) is 18.4 Å². The summed E-state index contributed by atoms with van der Waals surface area (Å²) in [5.74, 6) is 0.268. The number of amides is 1. The van der Waals surface area contributed by atoms with Crippen molar-refractivity contribution >= 4 is 11.7 Å². The summed E-state index contributed by atoms with van der Waals surface area (Å²) >= 11 is 0. The van der Waals surface area contributed by atoms with E-state index in [2.05, 4.69) is 10.4 Å². The predicted octanol–water partition coefficient (Wildman–Crippen LogP) is 3.61. The third kappa shape index (κ3) is 3.06. The SMILES string of the molecule is CC(C(=O)Nc1ccn(-c2ccccc2)n1)c1ccccc1. The van der Waals surface area contributed by atoms with Gasteiger partial charge in [0.1, 0.15) is 0 Å². The van der Waals surface area contributed by atoms with Gasteiger partial charge in [-0.3, -0.25) is 4.79 Å². The van der Waals surface area contributed by atoms with E-state index in [1.807, 2.05) is 73.8 Å². The maximum atomic E-state index is 12.3. The Kier molecular flexibility index (Phi) is 4.01. The predicted molar refractivity (Wildman–Crippen MR) is 87.1 cm³/mol. The number of nitrogens with one attached hydrogen (secondary N) is 1. The third-order valence-corrected chi connectivity index (χ3v) is 3.55. The highest BCUT2D eigenvalue weighted by molar-refractivity contribution is 5.94. The summed E-state index contributed by atoms with van der Waals surface area (Å²) in [4.78, 5) is 12.3. The molecular formula is C18H17N3O. The quantitative estimate of drug-likeness (QED) is 0.798. The number of anilines is 1. The van der Waals surface area contributed by atoms with Crippen LogP contribution in [0.5, 0.6) is 0 Å². The van der Waals surface area contributed by atoms with E-state index < -0.39 is 0 Å². The Labute approximate surface area is 129 Å². The van der Waals surface area contributed by atoms with Crippen molar-refractivity contribution in [2.24, 2.45) is 0 Å². The van der Waals surface area contributed by atoms with E-state index in [9.17, 15) is 4.79 Å². The second-order valence-corrected chi connectivity index (χ2v) is 5.10. The van der Waals surface area contributed by atoms with Crippen molar-refractivity contribution in [3.8, 4) is 5.69 Å². The van der Waals surface area contributed by atoms with Crippen molar-refractivity contribution in [1.82, 2.24) is 9.78 Å². The number of aromatic nitrogens is 2. The Balaban J connectivity index is 1.71. The van der Waals surface area contributed by atoms with Gasteiger partial charge in [0.05, 0.1) is 11.6 Å². The minimum atomic E-state index is -0.219. The number of hydrogen-bond acceptors (Lipinski definition) is 2. The Morgan fingerprint density at radius 3 is 2.32 bits per heavy atom. The first-order valence-electron chi connectivity index (χ1n) is 7.21. The van der Waals surface area contributed by atoms with Crippen LogP contribution in [-0.4, -0.2) is 15.7 Å². The van der Waals surface area contributed by atoms with Crippen molar-refractivity contribution in [1.29, 1.82) is 0 Å². The zero-order chi connectivity index (χ0) is 15.4. The molecule has 4 heteroatoms. The molecule has 3 aromatic rings. The van der Waals surface area contributed by atoms with E-state index >= 15 is 0 Å². The number of hydrogen-bond donors (Lipinski definition) is 1. The molecule has 0 saturated heterocycles. The second-order valence-electron chi connectivity index (χ2n) is 5.10. The molecular weight excluding hydrogens is 274 g/mol. The Morgan fingerprint density at radius 2 is 1.64 bits per heavy atom. The zero-order valence-corrected chi connectivity index (χ0v) is 12.3. The first kappa shape index (κ1) is 14.1. The molecule has 4 nitrogen and oxygen atoms in total. The molecule has 0 radical (unpaired) electrons. The fourth-order valence-electron chi connectivity index (χ4n) is 2.24. The summed E-state index contributed by atoms with van der Waals surface area (Å²) in [7, 11) is 0. The second kappa shape index (κ2) is 6.26. The summed E-state index contributed by atoms with van der Waals surface area (Å²) < 4.78 is 1.74. The van der Waals surface area contributed by atoms with E-state index in [1.165, 1.54) is 0 Å². The smallest absolute Gasteiger partial charge is 0.232 e. The van der Waals surface area contributed by atoms with Crippen molar-refractivity contribution in [2.75, 3.05) is 5.32 Å². The Hall–Kier alpha value is -2.88. The largest absolute Gasteiger partial charge is 0.309 e. The lowest BCUT2D eigenvalue weighted by Crippen LogP contribution is -2.19. The summed E-state index contributed by atoms with van der Waals surface area (Å²) in [6.45, 7) is 1.89. The number of benzene rings is 2. The normalized spacial score (nSPS) is 11.9. The Morgan fingerprint density at radius 1 is 1.00 bits per heavy atom. The van der Waals surface area contributed by atoms with Crippen LogP contribution in [0, 0.1) is 0 Å². The molecule has 1 N–H and O–H groups in total. The van der Waals surface area contributed by atoms with Gasteiger partial charge in [0.2, 0.25) is 5.91 Å². The van der Waals surface area contributed by atoms with Gasteiger partial charge in [-0.25, -0.2) is 4.68 Å². The molecule has 0 spiro atoms. The first-order valence-corrected chi connectivity index (χ1v) is 7.21. The van der Waals surface area contributed by atoms with Crippen LogP contribution in [0.3, 0.4) is 0 Å². The lowest BCUT2D eigenvalue weighted by molar-refractivity contribution is -0.117. The van der Waals surface area contributed by atoms with Gasteiger partial charge in [0.25, 0.3) is 0 Å². The maximum absolute atomic E-state index is 12.3. The lowest BCUT2D eigenvalue weighted by atomic mass is 10.0. The van der Waals surface area contributed by atoms with Crippen LogP contribution in [-0.2, 0) is 4.79 Å². The van der Waals surface area contributed by atoms with E-state index in [-0.39, 0.29) is 11.8 Å². The molecule has 0 aliphatic rings. The van der Waals surface area contributed by atoms with Gasteiger partial charge in [0.15, 0.2) is 5.82 Å². The number of para-hydroxylation sites is 1. The van der Waals surface area contributed by atoms with Crippen molar-refractivity contribution in [3.05, 3.63) is 78.5 Å². The van der Waals surface area contributed by atoms with Gasteiger partial charge in [-0.05, 0) is 24.6 Å². The highest BCUT2D eigenvalue weighted by atomic mass is 16.1. The molecule has 0 aliphatic heterocycles. The highest BCUT2D eigenvalue weighted by Crippen LogP contribution is 2.17. The zero-order valence-electron chi connectivity index (χ0n) is 12.3. The van der Waals surface area contributed by atoms with Gasteiger partial charge in [-0.15, -0.1) is 0 Å².